The SMILES string of the molecule is COc1ccc(N=c2sc(C)c(OC(C)=O)n2C(C)=O)cc1. The van der Waals surface area contributed by atoms with Crippen molar-refractivity contribution in [2.24, 2.45) is 4.99 Å². The summed E-state index contributed by atoms with van der Waals surface area (Å²) in [4.78, 5) is 28.7. The monoisotopic (exact) mass is 320 g/mol. The Balaban J connectivity index is 2.56. The van der Waals surface area contributed by atoms with E-state index in [4.69, 9.17) is 9.47 Å². The van der Waals surface area contributed by atoms with Crippen LogP contribution in [0.3, 0.4) is 0 Å². The third-order valence-electron chi connectivity index (χ3n) is 2.79. The summed E-state index contributed by atoms with van der Waals surface area (Å²) in [6, 6.07) is 7.13. The summed E-state index contributed by atoms with van der Waals surface area (Å²) in [5.74, 6) is 0.193. The Bertz CT molecular complexity index is 772. The molecular formula is C15H16N2O4S. The quantitative estimate of drug-likeness (QED) is 0.815. The standard InChI is InChI=1S/C15H16N2O4S/c1-9-14(21-11(3)19)17(10(2)18)15(22-9)16-12-5-7-13(20-4)8-6-12/h5-8H,1-4H3. The summed E-state index contributed by atoms with van der Waals surface area (Å²) in [6.07, 6.45) is 0. The number of aryl methyl sites for hydroxylation is 1. The van der Waals surface area contributed by atoms with Crippen molar-refractivity contribution < 1.29 is 19.1 Å². The average molecular weight is 320 g/mol. The molecule has 6 nitrogen and oxygen atoms in total. The lowest BCUT2D eigenvalue weighted by atomic mass is 10.3. The van der Waals surface area contributed by atoms with Crippen LogP contribution in [0.15, 0.2) is 29.3 Å². The van der Waals surface area contributed by atoms with Gasteiger partial charge in [0.05, 0.1) is 17.7 Å². The van der Waals surface area contributed by atoms with Crippen LogP contribution in [0.5, 0.6) is 11.6 Å². The van der Waals surface area contributed by atoms with Gasteiger partial charge in [0.15, 0.2) is 4.80 Å². The molecule has 0 bridgehead atoms. The lowest BCUT2D eigenvalue weighted by Crippen LogP contribution is -2.22. The molecular weight excluding hydrogens is 304 g/mol. The predicted molar refractivity (Wildman–Crippen MR) is 82.9 cm³/mol. The summed E-state index contributed by atoms with van der Waals surface area (Å²) in [5, 5.41) is 0. The van der Waals surface area contributed by atoms with Gasteiger partial charge in [-0.25, -0.2) is 9.56 Å². The van der Waals surface area contributed by atoms with Gasteiger partial charge in [0, 0.05) is 13.8 Å². The normalized spacial score (nSPS) is 11.4. The molecule has 1 aromatic carbocycles. The second kappa shape index (κ2) is 6.57. The first-order valence-electron chi connectivity index (χ1n) is 6.53. The van der Waals surface area contributed by atoms with Crippen LogP contribution in [0.25, 0.3) is 0 Å². The molecule has 1 aromatic heterocycles. The number of hydrogen-bond acceptors (Lipinski definition) is 6. The van der Waals surface area contributed by atoms with Crippen molar-refractivity contribution in [3.05, 3.63) is 33.9 Å². The molecule has 0 fully saturated rings. The molecule has 0 aliphatic heterocycles. The first-order chi connectivity index (χ1) is 10.4. The Morgan fingerprint density at radius 1 is 1.18 bits per heavy atom. The zero-order valence-electron chi connectivity index (χ0n) is 12.7. The number of rotatable bonds is 3. The Morgan fingerprint density at radius 2 is 1.82 bits per heavy atom. The van der Waals surface area contributed by atoms with E-state index in [1.807, 2.05) is 0 Å². The minimum Gasteiger partial charge on any atom is -0.497 e. The molecule has 0 spiro atoms. The van der Waals surface area contributed by atoms with Crippen molar-refractivity contribution in [2.75, 3.05) is 7.11 Å². The van der Waals surface area contributed by atoms with E-state index in [1.54, 1.807) is 38.3 Å². The number of aromatic nitrogens is 1. The Kier molecular flexibility index (Phi) is 4.77. The number of carbonyl (C=O) groups is 2. The summed E-state index contributed by atoms with van der Waals surface area (Å²) >= 11 is 1.28. The Labute approximate surface area is 131 Å². The molecule has 0 amide bonds. The number of benzene rings is 1. The summed E-state index contributed by atoms with van der Waals surface area (Å²) < 4.78 is 11.5. The highest BCUT2D eigenvalue weighted by Crippen LogP contribution is 2.22. The highest BCUT2D eigenvalue weighted by atomic mass is 32.1. The molecule has 0 unspecified atom stereocenters. The first kappa shape index (κ1) is 16.0. The van der Waals surface area contributed by atoms with Gasteiger partial charge < -0.3 is 9.47 Å². The smallest absolute Gasteiger partial charge is 0.309 e. The fourth-order valence-electron chi connectivity index (χ4n) is 1.84. The molecule has 22 heavy (non-hydrogen) atoms. The number of hydrogen-bond donors (Lipinski definition) is 0. The zero-order chi connectivity index (χ0) is 16.3. The van der Waals surface area contributed by atoms with Crippen molar-refractivity contribution in [3.63, 3.8) is 0 Å². The minimum absolute atomic E-state index is 0.220. The lowest BCUT2D eigenvalue weighted by molar-refractivity contribution is -0.132. The van der Waals surface area contributed by atoms with E-state index >= 15 is 0 Å². The van der Waals surface area contributed by atoms with E-state index < -0.39 is 5.97 Å². The van der Waals surface area contributed by atoms with Crippen molar-refractivity contribution in [3.8, 4) is 11.6 Å². The van der Waals surface area contributed by atoms with Crippen molar-refractivity contribution in [1.82, 2.24) is 4.57 Å². The maximum atomic E-state index is 11.9. The molecule has 0 saturated heterocycles. The van der Waals surface area contributed by atoms with Gasteiger partial charge in [-0.2, -0.15) is 0 Å². The van der Waals surface area contributed by atoms with E-state index in [1.165, 1.54) is 29.8 Å². The molecule has 0 aliphatic carbocycles. The van der Waals surface area contributed by atoms with E-state index in [0.717, 1.165) is 5.75 Å². The van der Waals surface area contributed by atoms with Crippen LogP contribution < -0.4 is 14.3 Å². The number of methoxy groups -OCH3 is 1. The summed E-state index contributed by atoms with van der Waals surface area (Å²) in [6.45, 7) is 4.46. The Morgan fingerprint density at radius 3 is 2.32 bits per heavy atom. The molecule has 0 N–H and O–H groups in total. The van der Waals surface area contributed by atoms with Gasteiger partial charge >= 0.3 is 5.97 Å². The van der Waals surface area contributed by atoms with E-state index in [9.17, 15) is 9.59 Å². The van der Waals surface area contributed by atoms with Crippen LogP contribution in [0.4, 0.5) is 5.69 Å². The van der Waals surface area contributed by atoms with Crippen molar-refractivity contribution >= 4 is 28.9 Å². The molecule has 0 radical (unpaired) electrons. The van der Waals surface area contributed by atoms with Gasteiger partial charge in [-0.05, 0) is 31.2 Å². The van der Waals surface area contributed by atoms with Gasteiger partial charge in [0.2, 0.25) is 11.8 Å². The molecule has 0 saturated carbocycles. The molecule has 7 heteroatoms. The zero-order valence-corrected chi connectivity index (χ0v) is 13.6. The maximum Gasteiger partial charge on any atom is 0.309 e. The average Bonchev–Trinajstić information content (AvgIpc) is 2.75. The molecule has 116 valence electrons. The molecule has 0 aliphatic rings. The first-order valence-corrected chi connectivity index (χ1v) is 7.34. The third-order valence-corrected chi connectivity index (χ3v) is 3.73. The number of nitrogens with zero attached hydrogens (tertiary/aromatic N) is 2. The molecule has 0 atom stereocenters. The molecule has 2 rings (SSSR count). The summed E-state index contributed by atoms with van der Waals surface area (Å²) in [5.41, 5.74) is 0.673. The van der Waals surface area contributed by atoms with Crippen LogP contribution >= 0.6 is 11.3 Å². The van der Waals surface area contributed by atoms with Gasteiger partial charge in [0.1, 0.15) is 5.75 Å². The number of carbonyl (C=O) groups excluding carboxylic acids is 2. The summed E-state index contributed by atoms with van der Waals surface area (Å²) in [7, 11) is 1.59. The maximum absolute atomic E-state index is 11.9. The second-order valence-corrected chi connectivity index (χ2v) is 5.69. The van der Waals surface area contributed by atoms with Crippen molar-refractivity contribution in [1.29, 1.82) is 0 Å². The van der Waals surface area contributed by atoms with E-state index in [-0.39, 0.29) is 11.8 Å². The van der Waals surface area contributed by atoms with Gasteiger partial charge in [-0.3, -0.25) is 9.59 Å². The van der Waals surface area contributed by atoms with Crippen LogP contribution in [0.2, 0.25) is 0 Å². The topological polar surface area (TPSA) is 69.9 Å². The van der Waals surface area contributed by atoms with Crippen LogP contribution in [0, 0.1) is 6.92 Å². The molecule has 2 aromatic rings. The van der Waals surface area contributed by atoms with Crippen LogP contribution in [-0.2, 0) is 4.79 Å². The van der Waals surface area contributed by atoms with Crippen molar-refractivity contribution in [2.45, 2.75) is 20.8 Å². The minimum atomic E-state index is -0.480. The lowest BCUT2D eigenvalue weighted by Gasteiger charge is -2.04. The number of esters is 1. The fourth-order valence-corrected chi connectivity index (χ4v) is 2.79. The predicted octanol–water partition coefficient (Wildman–Crippen LogP) is 2.68. The number of thiazole rings is 1. The molecule has 1 heterocycles. The van der Waals surface area contributed by atoms with Crippen LogP contribution in [0.1, 0.15) is 23.5 Å². The van der Waals surface area contributed by atoms with E-state index in [2.05, 4.69) is 4.99 Å². The highest BCUT2D eigenvalue weighted by Gasteiger charge is 2.17. The van der Waals surface area contributed by atoms with Gasteiger partial charge in [-0.15, -0.1) is 0 Å². The fraction of sp³-hybridized carbons (Fsp3) is 0.267. The highest BCUT2D eigenvalue weighted by molar-refractivity contribution is 7.09. The second-order valence-electron chi connectivity index (χ2n) is 4.50. The van der Waals surface area contributed by atoms with Gasteiger partial charge in [0.25, 0.3) is 0 Å². The largest absolute Gasteiger partial charge is 0.497 e. The Hall–Kier alpha value is -2.41. The van der Waals surface area contributed by atoms with E-state index in [0.29, 0.717) is 15.4 Å². The third kappa shape index (κ3) is 3.43. The van der Waals surface area contributed by atoms with Crippen LogP contribution in [-0.4, -0.2) is 23.6 Å². The van der Waals surface area contributed by atoms with Gasteiger partial charge in [-0.1, -0.05) is 11.3 Å². The number of ether oxygens (including phenoxy) is 2.